The van der Waals surface area contributed by atoms with Crippen LogP contribution in [-0.4, -0.2) is 30.7 Å². The first-order chi connectivity index (χ1) is 11.4. The normalized spacial score (nSPS) is 11.6. The number of halogens is 1. The average Bonchev–Trinajstić information content (AvgIpc) is 2.58. The fourth-order valence-electron chi connectivity index (χ4n) is 2.31. The molecular weight excluding hydrogens is 309 g/mol. The van der Waals surface area contributed by atoms with E-state index in [1.54, 1.807) is 25.1 Å². The van der Waals surface area contributed by atoms with Crippen LogP contribution in [0.2, 0.25) is 0 Å². The summed E-state index contributed by atoms with van der Waals surface area (Å²) >= 11 is 0. The maximum Gasteiger partial charge on any atom is 0.251 e. The Hall–Kier alpha value is -2.82. The van der Waals surface area contributed by atoms with E-state index in [9.17, 15) is 18.8 Å². The molecule has 0 spiro atoms. The number of aldehydes is 1. The second kappa shape index (κ2) is 7.64. The van der Waals surface area contributed by atoms with Crippen molar-refractivity contribution in [1.82, 2.24) is 5.32 Å². The Morgan fingerprint density at radius 3 is 2.50 bits per heavy atom. The number of rotatable bonds is 6. The van der Waals surface area contributed by atoms with Crippen molar-refractivity contribution in [3.8, 4) is 0 Å². The third-order valence-corrected chi connectivity index (χ3v) is 3.62. The zero-order valence-corrected chi connectivity index (χ0v) is 13.5. The molecule has 0 aliphatic rings. The number of amides is 1. The van der Waals surface area contributed by atoms with E-state index in [1.807, 2.05) is 6.07 Å². The number of aryl methyl sites for hydroxylation is 1. The molecule has 4 nitrogen and oxygen atoms in total. The highest BCUT2D eigenvalue weighted by atomic mass is 19.1. The van der Waals surface area contributed by atoms with Crippen LogP contribution in [-0.2, 0) is 0 Å². The second-order valence-electron chi connectivity index (χ2n) is 5.55. The van der Waals surface area contributed by atoms with Gasteiger partial charge in [0.25, 0.3) is 5.91 Å². The molecule has 2 aromatic carbocycles. The fourth-order valence-corrected chi connectivity index (χ4v) is 2.31. The molecule has 0 bridgehead atoms. The Morgan fingerprint density at radius 2 is 1.88 bits per heavy atom. The maximum absolute atomic E-state index is 12.9. The van der Waals surface area contributed by atoms with Crippen LogP contribution >= 0.6 is 0 Å². The Morgan fingerprint density at radius 1 is 1.17 bits per heavy atom. The topological polar surface area (TPSA) is 63.2 Å². The van der Waals surface area contributed by atoms with Gasteiger partial charge in [-0.25, -0.2) is 4.39 Å². The SMILES string of the molecule is Cc1ccccc1C(=O)c1cc(C(=O)NCC(C)F)ccc1C=O. The number of carbonyl (C=O) groups is 3. The van der Waals surface area contributed by atoms with Crippen molar-refractivity contribution in [1.29, 1.82) is 0 Å². The van der Waals surface area contributed by atoms with Gasteiger partial charge < -0.3 is 5.32 Å². The maximum atomic E-state index is 12.9. The molecular formula is C19H18FNO3. The van der Waals surface area contributed by atoms with E-state index in [1.165, 1.54) is 25.1 Å². The van der Waals surface area contributed by atoms with E-state index < -0.39 is 12.1 Å². The molecule has 1 atom stereocenters. The van der Waals surface area contributed by atoms with Gasteiger partial charge in [-0.2, -0.15) is 0 Å². The first kappa shape index (κ1) is 17.5. The predicted molar refractivity (Wildman–Crippen MR) is 89.3 cm³/mol. The molecule has 2 aromatic rings. The molecule has 0 fully saturated rings. The predicted octanol–water partition coefficient (Wildman–Crippen LogP) is 3.13. The lowest BCUT2D eigenvalue weighted by Crippen LogP contribution is -2.29. The zero-order valence-electron chi connectivity index (χ0n) is 13.5. The Balaban J connectivity index is 2.40. The molecule has 124 valence electrons. The van der Waals surface area contributed by atoms with Crippen LogP contribution in [0.4, 0.5) is 4.39 Å². The lowest BCUT2D eigenvalue weighted by Gasteiger charge is -2.10. The van der Waals surface area contributed by atoms with Crippen LogP contribution in [0.15, 0.2) is 42.5 Å². The molecule has 1 amide bonds. The molecule has 0 saturated carbocycles. The first-order valence-electron chi connectivity index (χ1n) is 7.56. The third kappa shape index (κ3) is 3.93. The molecule has 1 N–H and O–H groups in total. The van der Waals surface area contributed by atoms with Gasteiger partial charge in [0.05, 0.1) is 0 Å². The average molecular weight is 327 g/mol. The molecule has 0 saturated heterocycles. The minimum absolute atomic E-state index is 0.116. The van der Waals surface area contributed by atoms with Gasteiger partial charge in [-0.3, -0.25) is 14.4 Å². The summed E-state index contributed by atoms with van der Waals surface area (Å²) < 4.78 is 12.9. The van der Waals surface area contributed by atoms with Crippen molar-refractivity contribution < 1.29 is 18.8 Å². The molecule has 0 radical (unpaired) electrons. The van der Waals surface area contributed by atoms with E-state index in [2.05, 4.69) is 5.32 Å². The number of nitrogens with one attached hydrogen (secondary N) is 1. The number of benzene rings is 2. The summed E-state index contributed by atoms with van der Waals surface area (Å²) in [5, 5.41) is 2.44. The van der Waals surface area contributed by atoms with Gasteiger partial charge in [-0.15, -0.1) is 0 Å². The minimum Gasteiger partial charge on any atom is -0.349 e. The number of hydrogen-bond donors (Lipinski definition) is 1. The van der Waals surface area contributed by atoms with E-state index >= 15 is 0 Å². The van der Waals surface area contributed by atoms with Gasteiger partial charge in [-0.1, -0.05) is 30.3 Å². The van der Waals surface area contributed by atoms with E-state index in [-0.39, 0.29) is 29.0 Å². The fraction of sp³-hybridized carbons (Fsp3) is 0.211. The van der Waals surface area contributed by atoms with Gasteiger partial charge >= 0.3 is 0 Å². The zero-order chi connectivity index (χ0) is 17.7. The van der Waals surface area contributed by atoms with Crippen molar-refractivity contribution in [3.05, 3.63) is 70.3 Å². The Kier molecular flexibility index (Phi) is 5.58. The number of hydrogen-bond acceptors (Lipinski definition) is 3. The molecule has 0 aliphatic carbocycles. The molecule has 0 aromatic heterocycles. The van der Waals surface area contributed by atoms with Crippen molar-refractivity contribution in [2.45, 2.75) is 20.0 Å². The van der Waals surface area contributed by atoms with E-state index in [0.717, 1.165) is 5.56 Å². The monoisotopic (exact) mass is 327 g/mol. The van der Waals surface area contributed by atoms with Crippen molar-refractivity contribution >= 4 is 18.0 Å². The van der Waals surface area contributed by atoms with Crippen LogP contribution in [0.3, 0.4) is 0 Å². The molecule has 0 aliphatic heterocycles. The van der Waals surface area contributed by atoms with E-state index in [4.69, 9.17) is 0 Å². The number of ketones is 1. The summed E-state index contributed by atoms with van der Waals surface area (Å²) in [6.07, 6.45) is -0.590. The summed E-state index contributed by atoms with van der Waals surface area (Å²) in [4.78, 5) is 36.0. The molecule has 5 heteroatoms. The van der Waals surface area contributed by atoms with Gasteiger partial charge in [0, 0.05) is 28.8 Å². The quantitative estimate of drug-likeness (QED) is 0.655. The summed E-state index contributed by atoms with van der Waals surface area (Å²) in [7, 11) is 0. The van der Waals surface area contributed by atoms with Gasteiger partial charge in [0.2, 0.25) is 0 Å². The highest BCUT2D eigenvalue weighted by molar-refractivity contribution is 6.14. The summed E-state index contributed by atoms with van der Waals surface area (Å²) in [6, 6.07) is 11.3. The van der Waals surface area contributed by atoms with Crippen molar-refractivity contribution in [2.75, 3.05) is 6.54 Å². The summed E-state index contributed by atoms with van der Waals surface area (Å²) in [6.45, 7) is 3.02. The smallest absolute Gasteiger partial charge is 0.251 e. The Bertz CT molecular complexity index is 784. The Labute approximate surface area is 139 Å². The van der Waals surface area contributed by atoms with Crippen LogP contribution in [0.25, 0.3) is 0 Å². The molecule has 0 heterocycles. The third-order valence-electron chi connectivity index (χ3n) is 3.62. The van der Waals surface area contributed by atoms with E-state index in [0.29, 0.717) is 11.8 Å². The summed E-state index contributed by atoms with van der Waals surface area (Å²) in [5.41, 5.74) is 1.81. The van der Waals surface area contributed by atoms with Gasteiger partial charge in [0.15, 0.2) is 12.1 Å². The van der Waals surface area contributed by atoms with Gasteiger partial charge in [0.1, 0.15) is 6.17 Å². The lowest BCUT2D eigenvalue weighted by molar-refractivity contribution is 0.0943. The first-order valence-corrected chi connectivity index (χ1v) is 7.56. The van der Waals surface area contributed by atoms with Crippen LogP contribution < -0.4 is 5.32 Å². The minimum atomic E-state index is -1.17. The number of carbonyl (C=O) groups excluding carboxylic acids is 3. The molecule has 1 unspecified atom stereocenters. The molecule has 24 heavy (non-hydrogen) atoms. The second-order valence-corrected chi connectivity index (χ2v) is 5.55. The van der Waals surface area contributed by atoms with Crippen molar-refractivity contribution in [3.63, 3.8) is 0 Å². The van der Waals surface area contributed by atoms with Gasteiger partial charge in [-0.05, 0) is 31.5 Å². The van der Waals surface area contributed by atoms with Crippen molar-refractivity contribution in [2.24, 2.45) is 0 Å². The molecule has 2 rings (SSSR count). The highest BCUT2D eigenvalue weighted by Gasteiger charge is 2.18. The highest BCUT2D eigenvalue weighted by Crippen LogP contribution is 2.18. The summed E-state index contributed by atoms with van der Waals surface area (Å²) in [5.74, 6) is -0.820. The number of alkyl halides is 1. The van der Waals surface area contributed by atoms with Crippen LogP contribution in [0.1, 0.15) is 49.1 Å². The lowest BCUT2D eigenvalue weighted by atomic mass is 9.94. The standard InChI is InChI=1S/C19H18FNO3/c1-12-5-3-4-6-16(12)18(23)17-9-14(7-8-15(17)11-22)19(24)21-10-13(2)20/h3-9,11,13H,10H2,1-2H3,(H,21,24). The van der Waals surface area contributed by atoms with Crippen LogP contribution in [0, 0.1) is 6.92 Å². The van der Waals surface area contributed by atoms with Crippen LogP contribution in [0.5, 0.6) is 0 Å². The largest absolute Gasteiger partial charge is 0.349 e.